The normalized spacial score (nSPS) is 14.5. The molecule has 2 aromatic carbocycles. The lowest BCUT2D eigenvalue weighted by atomic mass is 10.1. The minimum Gasteiger partial charge on any atom is -0.488 e. The van der Waals surface area contributed by atoms with Gasteiger partial charge in [0, 0.05) is 25.5 Å². The van der Waals surface area contributed by atoms with Gasteiger partial charge >= 0.3 is 0 Å². The van der Waals surface area contributed by atoms with Crippen LogP contribution in [0.1, 0.15) is 34.1 Å². The van der Waals surface area contributed by atoms with Crippen LogP contribution >= 0.6 is 0 Å². The molecule has 2 N–H and O–H groups in total. The molecule has 0 spiro atoms. The molecule has 2 heterocycles. The Morgan fingerprint density at radius 3 is 2.52 bits per heavy atom. The van der Waals surface area contributed by atoms with Crippen molar-refractivity contribution in [3.63, 3.8) is 0 Å². The summed E-state index contributed by atoms with van der Waals surface area (Å²) >= 11 is 0. The van der Waals surface area contributed by atoms with E-state index in [1.807, 2.05) is 61.5 Å². The molecule has 1 atom stereocenters. The molecule has 1 unspecified atom stereocenters. The Balaban J connectivity index is 1.37. The lowest BCUT2D eigenvalue weighted by Gasteiger charge is -2.13. The molecule has 0 saturated carbocycles. The van der Waals surface area contributed by atoms with Gasteiger partial charge in [0.15, 0.2) is 0 Å². The fourth-order valence-corrected chi connectivity index (χ4v) is 3.65. The first-order valence-electron chi connectivity index (χ1n) is 10.3. The van der Waals surface area contributed by atoms with Crippen molar-refractivity contribution in [2.45, 2.75) is 32.9 Å². The average molecular weight is 415 g/mol. The molecule has 3 aromatic rings. The largest absolute Gasteiger partial charge is 0.488 e. The molecule has 31 heavy (non-hydrogen) atoms. The van der Waals surface area contributed by atoms with E-state index < -0.39 is 0 Å². The van der Waals surface area contributed by atoms with Crippen molar-refractivity contribution >= 4 is 11.8 Å². The van der Waals surface area contributed by atoms with E-state index in [-0.39, 0.29) is 17.9 Å². The standard InChI is InChI=1S/C25H25N3O3/c1-16-22(25(30)27-15-21-13-20-5-3-4-6-24(20)31-21)11-12-23(28-16)19-9-7-18(8-10-19)14-26-17(2)29/h3-12,21H,13-15H2,1-2H3,(H,26,29)(H,27,30). The van der Waals surface area contributed by atoms with Gasteiger partial charge in [0.1, 0.15) is 11.9 Å². The number of amides is 2. The lowest BCUT2D eigenvalue weighted by Crippen LogP contribution is -2.34. The summed E-state index contributed by atoms with van der Waals surface area (Å²) in [5.41, 5.74) is 5.18. The van der Waals surface area contributed by atoms with Gasteiger partial charge in [-0.1, -0.05) is 42.5 Å². The average Bonchev–Trinajstić information content (AvgIpc) is 3.19. The number of para-hydroxylation sites is 1. The van der Waals surface area contributed by atoms with Gasteiger partial charge < -0.3 is 15.4 Å². The molecule has 158 valence electrons. The second kappa shape index (κ2) is 9.00. The number of nitrogens with one attached hydrogen (secondary N) is 2. The van der Waals surface area contributed by atoms with Crippen LogP contribution in [-0.4, -0.2) is 29.4 Å². The zero-order chi connectivity index (χ0) is 21.8. The van der Waals surface area contributed by atoms with E-state index in [1.54, 1.807) is 0 Å². The van der Waals surface area contributed by atoms with Crippen molar-refractivity contribution in [3.05, 3.63) is 83.0 Å². The van der Waals surface area contributed by atoms with Gasteiger partial charge in [0.05, 0.1) is 23.5 Å². The van der Waals surface area contributed by atoms with Crippen LogP contribution in [0, 0.1) is 6.92 Å². The molecule has 0 radical (unpaired) electrons. The molecule has 6 nitrogen and oxygen atoms in total. The Hall–Kier alpha value is -3.67. The number of aryl methyl sites for hydroxylation is 1. The zero-order valence-electron chi connectivity index (χ0n) is 17.6. The molecule has 2 amide bonds. The van der Waals surface area contributed by atoms with Crippen molar-refractivity contribution < 1.29 is 14.3 Å². The molecule has 0 saturated heterocycles. The van der Waals surface area contributed by atoms with Crippen LogP contribution in [0.3, 0.4) is 0 Å². The SMILES string of the molecule is CC(=O)NCc1ccc(-c2ccc(C(=O)NCC3Cc4ccccc4O3)c(C)n2)cc1. The second-order valence-electron chi connectivity index (χ2n) is 7.70. The third-order valence-electron chi connectivity index (χ3n) is 5.33. The van der Waals surface area contributed by atoms with Gasteiger partial charge in [-0.2, -0.15) is 0 Å². The Labute approximate surface area is 181 Å². The summed E-state index contributed by atoms with van der Waals surface area (Å²) in [4.78, 5) is 28.3. The summed E-state index contributed by atoms with van der Waals surface area (Å²) in [6.07, 6.45) is 0.745. The van der Waals surface area contributed by atoms with Gasteiger partial charge in [-0.3, -0.25) is 14.6 Å². The molecule has 6 heteroatoms. The summed E-state index contributed by atoms with van der Waals surface area (Å²) in [7, 11) is 0. The summed E-state index contributed by atoms with van der Waals surface area (Å²) < 4.78 is 5.89. The maximum atomic E-state index is 12.7. The highest BCUT2D eigenvalue weighted by Crippen LogP contribution is 2.27. The number of nitrogens with zero attached hydrogens (tertiary/aromatic N) is 1. The van der Waals surface area contributed by atoms with Gasteiger partial charge in [-0.15, -0.1) is 0 Å². The molecule has 0 bridgehead atoms. The molecule has 0 aliphatic carbocycles. The Kier molecular flexibility index (Phi) is 5.98. The summed E-state index contributed by atoms with van der Waals surface area (Å²) in [6.45, 7) is 4.28. The third kappa shape index (κ3) is 4.91. The van der Waals surface area contributed by atoms with Crippen molar-refractivity contribution in [2.75, 3.05) is 6.54 Å². The molecule has 1 aliphatic heterocycles. The predicted octanol–water partition coefficient (Wildman–Crippen LogP) is 3.43. The van der Waals surface area contributed by atoms with E-state index in [9.17, 15) is 9.59 Å². The third-order valence-corrected chi connectivity index (χ3v) is 5.33. The van der Waals surface area contributed by atoms with Gasteiger partial charge in [-0.05, 0) is 36.2 Å². The topological polar surface area (TPSA) is 80.3 Å². The lowest BCUT2D eigenvalue weighted by molar-refractivity contribution is -0.119. The molecule has 1 aliphatic rings. The number of aromatic nitrogens is 1. The van der Waals surface area contributed by atoms with Crippen LogP contribution < -0.4 is 15.4 Å². The predicted molar refractivity (Wildman–Crippen MR) is 119 cm³/mol. The van der Waals surface area contributed by atoms with E-state index in [2.05, 4.69) is 21.7 Å². The van der Waals surface area contributed by atoms with Crippen LogP contribution in [0.15, 0.2) is 60.7 Å². The van der Waals surface area contributed by atoms with Crippen molar-refractivity contribution in [3.8, 4) is 17.0 Å². The number of ether oxygens (including phenoxy) is 1. The van der Waals surface area contributed by atoms with Crippen LogP contribution in [0.5, 0.6) is 5.75 Å². The fourth-order valence-electron chi connectivity index (χ4n) is 3.65. The van der Waals surface area contributed by atoms with E-state index in [1.165, 1.54) is 12.5 Å². The second-order valence-corrected chi connectivity index (χ2v) is 7.70. The number of benzene rings is 2. The Morgan fingerprint density at radius 1 is 1.03 bits per heavy atom. The molecule has 0 fully saturated rings. The number of hydrogen-bond acceptors (Lipinski definition) is 4. The van der Waals surface area contributed by atoms with Crippen molar-refractivity contribution in [1.29, 1.82) is 0 Å². The van der Waals surface area contributed by atoms with E-state index in [4.69, 9.17) is 4.74 Å². The van der Waals surface area contributed by atoms with Gasteiger partial charge in [0.2, 0.25) is 5.91 Å². The number of pyridine rings is 1. The number of carbonyl (C=O) groups is 2. The van der Waals surface area contributed by atoms with Crippen LogP contribution in [0.4, 0.5) is 0 Å². The minimum atomic E-state index is -0.151. The highest BCUT2D eigenvalue weighted by Gasteiger charge is 2.23. The summed E-state index contributed by atoms with van der Waals surface area (Å²) in [5.74, 6) is 0.688. The first-order chi connectivity index (χ1) is 15.0. The van der Waals surface area contributed by atoms with Crippen LogP contribution in [0.2, 0.25) is 0 Å². The van der Waals surface area contributed by atoms with E-state index >= 15 is 0 Å². The highest BCUT2D eigenvalue weighted by molar-refractivity contribution is 5.95. The van der Waals surface area contributed by atoms with E-state index in [0.717, 1.165) is 29.0 Å². The molecule has 4 rings (SSSR count). The maximum Gasteiger partial charge on any atom is 0.253 e. The summed E-state index contributed by atoms with van der Waals surface area (Å²) in [5, 5.41) is 5.75. The van der Waals surface area contributed by atoms with E-state index in [0.29, 0.717) is 24.3 Å². The quantitative estimate of drug-likeness (QED) is 0.646. The molecule has 1 aromatic heterocycles. The molecular formula is C25H25N3O3. The summed E-state index contributed by atoms with van der Waals surface area (Å²) in [6, 6.07) is 19.5. The van der Waals surface area contributed by atoms with Crippen molar-refractivity contribution in [2.24, 2.45) is 0 Å². The smallest absolute Gasteiger partial charge is 0.253 e. The maximum absolute atomic E-state index is 12.7. The number of carbonyl (C=O) groups excluding carboxylic acids is 2. The first kappa shape index (κ1) is 20.6. The van der Waals surface area contributed by atoms with Crippen LogP contribution in [-0.2, 0) is 17.8 Å². The number of rotatable bonds is 6. The highest BCUT2D eigenvalue weighted by atomic mass is 16.5. The monoisotopic (exact) mass is 415 g/mol. The number of fused-ring (bicyclic) bond motifs is 1. The van der Waals surface area contributed by atoms with Crippen LogP contribution in [0.25, 0.3) is 11.3 Å². The van der Waals surface area contributed by atoms with Gasteiger partial charge in [0.25, 0.3) is 5.91 Å². The fraction of sp³-hybridized carbons (Fsp3) is 0.240. The Bertz CT molecular complexity index is 1080. The van der Waals surface area contributed by atoms with Gasteiger partial charge in [-0.25, -0.2) is 0 Å². The number of hydrogen-bond donors (Lipinski definition) is 2. The zero-order valence-corrected chi connectivity index (χ0v) is 17.6. The minimum absolute atomic E-state index is 0.0510. The van der Waals surface area contributed by atoms with Crippen molar-refractivity contribution in [1.82, 2.24) is 15.6 Å². The first-order valence-corrected chi connectivity index (χ1v) is 10.3. The Morgan fingerprint density at radius 2 is 1.81 bits per heavy atom. The molecular weight excluding hydrogens is 390 g/mol.